The van der Waals surface area contributed by atoms with Gasteiger partial charge in [-0.15, -0.1) is 0 Å². The zero-order chi connectivity index (χ0) is 13.5. The number of nitrogens with zero attached hydrogens (tertiary/aromatic N) is 2. The van der Waals surface area contributed by atoms with Crippen molar-refractivity contribution >= 4 is 5.91 Å². The van der Waals surface area contributed by atoms with E-state index in [1.807, 2.05) is 11.8 Å². The number of hydrogen-bond acceptors (Lipinski definition) is 4. The molecule has 0 spiro atoms. The molecule has 0 aromatic heterocycles. The minimum absolute atomic E-state index is 0.256. The van der Waals surface area contributed by atoms with E-state index in [-0.39, 0.29) is 5.91 Å². The summed E-state index contributed by atoms with van der Waals surface area (Å²) < 4.78 is 5.37. The van der Waals surface area contributed by atoms with Gasteiger partial charge in [0.2, 0.25) is 5.91 Å². The lowest BCUT2D eigenvalue weighted by atomic mass is 9.96. The minimum Gasteiger partial charge on any atom is -0.379 e. The molecule has 2 aliphatic rings. The van der Waals surface area contributed by atoms with Gasteiger partial charge in [-0.05, 0) is 25.3 Å². The number of ether oxygens (including phenoxy) is 1. The number of morpholine rings is 1. The number of hydrogen-bond donors (Lipinski definition) is 1. The number of likely N-dealkylation sites (N-methyl/N-ethyl adjacent to an activating group) is 1. The van der Waals surface area contributed by atoms with Crippen molar-refractivity contribution in [3.8, 4) is 0 Å². The molecule has 1 amide bonds. The van der Waals surface area contributed by atoms with Gasteiger partial charge in [0.25, 0.3) is 0 Å². The first kappa shape index (κ1) is 14.8. The summed E-state index contributed by atoms with van der Waals surface area (Å²) in [7, 11) is 0. The lowest BCUT2D eigenvalue weighted by Crippen LogP contribution is -2.46. The molecule has 5 heteroatoms. The van der Waals surface area contributed by atoms with Crippen LogP contribution < -0.4 is 5.32 Å². The van der Waals surface area contributed by atoms with Gasteiger partial charge in [0, 0.05) is 32.7 Å². The van der Waals surface area contributed by atoms with E-state index in [0.29, 0.717) is 6.54 Å². The van der Waals surface area contributed by atoms with Gasteiger partial charge in [-0.2, -0.15) is 0 Å². The molecular formula is C14H27N3O2. The molecule has 5 nitrogen and oxygen atoms in total. The molecule has 110 valence electrons. The molecule has 0 aromatic carbocycles. The number of piperidine rings is 1. The zero-order valence-electron chi connectivity index (χ0n) is 12.1. The van der Waals surface area contributed by atoms with Crippen molar-refractivity contribution in [3.63, 3.8) is 0 Å². The van der Waals surface area contributed by atoms with Crippen LogP contribution in [0.2, 0.25) is 0 Å². The Hall–Kier alpha value is -0.650. The predicted octanol–water partition coefficient (Wildman–Crippen LogP) is 0.167. The van der Waals surface area contributed by atoms with Gasteiger partial charge in [-0.3, -0.25) is 9.69 Å². The summed E-state index contributed by atoms with van der Waals surface area (Å²) in [5.74, 6) is 1.01. The maximum Gasteiger partial charge on any atom is 0.236 e. The highest BCUT2D eigenvalue weighted by Crippen LogP contribution is 2.18. The molecule has 0 aromatic rings. The number of rotatable bonds is 5. The van der Waals surface area contributed by atoms with E-state index in [4.69, 9.17) is 4.74 Å². The Labute approximate surface area is 116 Å². The number of likely N-dealkylation sites (tertiary alicyclic amines) is 1. The van der Waals surface area contributed by atoms with Crippen molar-refractivity contribution in [2.45, 2.75) is 19.8 Å². The van der Waals surface area contributed by atoms with Crippen LogP contribution in [0.3, 0.4) is 0 Å². The van der Waals surface area contributed by atoms with Crippen LogP contribution in [0.15, 0.2) is 0 Å². The van der Waals surface area contributed by atoms with E-state index in [1.165, 1.54) is 6.54 Å². The Morgan fingerprint density at radius 3 is 2.53 bits per heavy atom. The van der Waals surface area contributed by atoms with Gasteiger partial charge in [-0.25, -0.2) is 0 Å². The highest BCUT2D eigenvalue weighted by molar-refractivity contribution is 5.78. The molecule has 0 radical (unpaired) electrons. The third kappa shape index (κ3) is 4.75. The summed E-state index contributed by atoms with van der Waals surface area (Å²) >= 11 is 0. The van der Waals surface area contributed by atoms with Crippen LogP contribution in [-0.2, 0) is 9.53 Å². The van der Waals surface area contributed by atoms with E-state index >= 15 is 0 Å². The van der Waals surface area contributed by atoms with Crippen molar-refractivity contribution in [1.29, 1.82) is 0 Å². The van der Waals surface area contributed by atoms with E-state index in [2.05, 4.69) is 10.2 Å². The van der Waals surface area contributed by atoms with Crippen molar-refractivity contribution < 1.29 is 9.53 Å². The fraction of sp³-hybridized carbons (Fsp3) is 0.929. The largest absolute Gasteiger partial charge is 0.379 e. The fourth-order valence-electron chi connectivity index (χ4n) is 2.86. The van der Waals surface area contributed by atoms with E-state index in [0.717, 1.165) is 64.7 Å². The molecular weight excluding hydrogens is 242 g/mol. The highest BCUT2D eigenvalue weighted by Gasteiger charge is 2.24. The third-order valence-corrected chi connectivity index (χ3v) is 4.11. The monoisotopic (exact) mass is 269 g/mol. The van der Waals surface area contributed by atoms with Gasteiger partial charge in [0.1, 0.15) is 0 Å². The maximum absolute atomic E-state index is 11.9. The molecule has 19 heavy (non-hydrogen) atoms. The Bertz CT molecular complexity index is 272. The second kappa shape index (κ2) is 7.82. The normalized spacial score (nSPS) is 22.7. The quantitative estimate of drug-likeness (QED) is 0.772. The van der Waals surface area contributed by atoms with Gasteiger partial charge >= 0.3 is 0 Å². The average Bonchev–Trinajstić information content (AvgIpc) is 2.46. The standard InChI is InChI=1S/C14H27N3O2/c1-2-15-11-14(18)17-5-3-13(4-6-17)12-16-7-9-19-10-8-16/h13,15H,2-12H2,1H3. The molecule has 2 saturated heterocycles. The fourth-order valence-corrected chi connectivity index (χ4v) is 2.86. The van der Waals surface area contributed by atoms with E-state index in [9.17, 15) is 4.79 Å². The topological polar surface area (TPSA) is 44.8 Å². The highest BCUT2D eigenvalue weighted by atomic mass is 16.5. The molecule has 0 unspecified atom stereocenters. The van der Waals surface area contributed by atoms with Crippen molar-refractivity contribution in [2.75, 3.05) is 59.0 Å². The molecule has 2 aliphatic heterocycles. The van der Waals surface area contributed by atoms with Crippen molar-refractivity contribution in [2.24, 2.45) is 5.92 Å². The number of nitrogens with one attached hydrogen (secondary N) is 1. The Morgan fingerprint density at radius 2 is 1.89 bits per heavy atom. The molecule has 1 N–H and O–H groups in total. The summed E-state index contributed by atoms with van der Waals surface area (Å²) in [6.07, 6.45) is 2.30. The molecule has 0 bridgehead atoms. The predicted molar refractivity (Wildman–Crippen MR) is 75.1 cm³/mol. The van der Waals surface area contributed by atoms with Gasteiger partial charge in [-0.1, -0.05) is 6.92 Å². The first-order valence-corrected chi connectivity index (χ1v) is 7.58. The van der Waals surface area contributed by atoms with Crippen LogP contribution in [0.4, 0.5) is 0 Å². The molecule has 0 saturated carbocycles. The average molecular weight is 269 g/mol. The van der Waals surface area contributed by atoms with E-state index in [1.54, 1.807) is 0 Å². The summed E-state index contributed by atoms with van der Waals surface area (Å²) in [4.78, 5) is 16.4. The van der Waals surface area contributed by atoms with Crippen LogP contribution in [0.1, 0.15) is 19.8 Å². The first-order valence-electron chi connectivity index (χ1n) is 7.58. The lowest BCUT2D eigenvalue weighted by Gasteiger charge is -2.36. The second-order valence-corrected chi connectivity index (χ2v) is 5.52. The SMILES string of the molecule is CCNCC(=O)N1CCC(CN2CCOCC2)CC1. The third-order valence-electron chi connectivity index (χ3n) is 4.11. The Balaban J connectivity index is 1.65. The first-order chi connectivity index (χ1) is 9.29. The van der Waals surface area contributed by atoms with Crippen LogP contribution in [0.25, 0.3) is 0 Å². The number of carbonyl (C=O) groups excluding carboxylic acids is 1. The molecule has 2 heterocycles. The maximum atomic E-state index is 11.9. The molecule has 0 aliphatic carbocycles. The molecule has 0 atom stereocenters. The van der Waals surface area contributed by atoms with Crippen LogP contribution in [0.5, 0.6) is 0 Å². The summed E-state index contributed by atoms with van der Waals surface area (Å²) in [6, 6.07) is 0. The summed E-state index contributed by atoms with van der Waals surface area (Å²) in [5.41, 5.74) is 0. The number of amides is 1. The lowest BCUT2D eigenvalue weighted by molar-refractivity contribution is -0.131. The Kier molecular flexibility index (Phi) is 6.07. The summed E-state index contributed by atoms with van der Waals surface area (Å²) in [6.45, 7) is 10.3. The molecule has 2 rings (SSSR count). The van der Waals surface area contributed by atoms with Crippen molar-refractivity contribution in [1.82, 2.24) is 15.1 Å². The second-order valence-electron chi connectivity index (χ2n) is 5.52. The minimum atomic E-state index is 0.256. The van der Waals surface area contributed by atoms with Crippen LogP contribution >= 0.6 is 0 Å². The van der Waals surface area contributed by atoms with Gasteiger partial charge < -0.3 is 15.0 Å². The molecule has 2 fully saturated rings. The van der Waals surface area contributed by atoms with Crippen molar-refractivity contribution in [3.05, 3.63) is 0 Å². The smallest absolute Gasteiger partial charge is 0.236 e. The van der Waals surface area contributed by atoms with Gasteiger partial charge in [0.15, 0.2) is 0 Å². The van der Waals surface area contributed by atoms with Crippen LogP contribution in [-0.4, -0.2) is 74.7 Å². The summed E-state index contributed by atoms with van der Waals surface area (Å²) in [5, 5.41) is 3.11. The number of carbonyl (C=O) groups is 1. The van der Waals surface area contributed by atoms with Crippen LogP contribution in [0, 0.1) is 5.92 Å². The van der Waals surface area contributed by atoms with E-state index < -0.39 is 0 Å². The Morgan fingerprint density at radius 1 is 1.21 bits per heavy atom. The van der Waals surface area contributed by atoms with Gasteiger partial charge in [0.05, 0.1) is 19.8 Å². The zero-order valence-corrected chi connectivity index (χ0v) is 12.1.